The monoisotopic (exact) mass is 438 g/mol. The van der Waals surface area contributed by atoms with Gasteiger partial charge in [-0.15, -0.1) is 0 Å². The molecular weight excluding hydrogens is 417 g/mol. The number of hydrogen-bond donors (Lipinski definition) is 2. The van der Waals surface area contributed by atoms with Crippen LogP contribution in [0.5, 0.6) is 0 Å². The number of hydrogen-bond acceptors (Lipinski definition) is 3. The smallest absolute Gasteiger partial charge is 0.398 e. The van der Waals surface area contributed by atoms with Crippen LogP contribution in [0.2, 0.25) is 0 Å². The fraction of sp³-hybridized carbons (Fsp3) is 0.250. The fourth-order valence-electron chi connectivity index (χ4n) is 4.56. The molecule has 0 atom stereocenters. The van der Waals surface area contributed by atoms with E-state index in [2.05, 4.69) is 9.97 Å². The normalized spacial score (nSPS) is 15.5. The first kappa shape index (κ1) is 20.4. The van der Waals surface area contributed by atoms with Crippen LogP contribution in [0.4, 0.5) is 18.9 Å². The van der Waals surface area contributed by atoms with Gasteiger partial charge in [-0.3, -0.25) is 4.79 Å². The summed E-state index contributed by atoms with van der Waals surface area (Å²) in [5.74, 6) is -0.0667. The Labute approximate surface area is 182 Å². The highest BCUT2D eigenvalue weighted by Crippen LogP contribution is 2.37. The van der Waals surface area contributed by atoms with Crippen molar-refractivity contribution in [3.8, 4) is 0 Å². The van der Waals surface area contributed by atoms with Gasteiger partial charge in [-0.1, -0.05) is 24.3 Å². The van der Waals surface area contributed by atoms with Crippen molar-refractivity contribution in [2.24, 2.45) is 0 Å². The number of benzene rings is 2. The summed E-state index contributed by atoms with van der Waals surface area (Å²) < 4.78 is 39.4. The lowest BCUT2D eigenvalue weighted by molar-refractivity contribution is -0.140. The summed E-state index contributed by atoms with van der Waals surface area (Å²) >= 11 is 0. The fourth-order valence-corrected chi connectivity index (χ4v) is 4.56. The molecule has 4 aromatic rings. The number of aromatic nitrogens is 2. The standard InChI is InChI=1S/C24H21F3N4O/c25-24(26,27)21-13-18-17(5-8-29-22(18)30-21)14-6-9-31(10-7-14)23(32)19-11-15-3-1-2-4-16(15)12-20(19)28/h1-5,8,11-14H,6-7,9-10,28H2,(H,29,30). The number of nitrogens with one attached hydrogen (secondary N) is 1. The number of amides is 1. The molecule has 8 heteroatoms. The van der Waals surface area contributed by atoms with E-state index in [0.29, 0.717) is 42.6 Å². The maximum absolute atomic E-state index is 13.1. The molecule has 2 aromatic heterocycles. The van der Waals surface area contributed by atoms with Gasteiger partial charge in [0, 0.05) is 30.4 Å². The third kappa shape index (κ3) is 3.55. The molecule has 0 spiro atoms. The molecular formula is C24H21F3N4O. The van der Waals surface area contributed by atoms with Crippen LogP contribution in [0.15, 0.2) is 54.7 Å². The van der Waals surface area contributed by atoms with Gasteiger partial charge in [-0.25, -0.2) is 4.98 Å². The lowest BCUT2D eigenvalue weighted by Crippen LogP contribution is -2.38. The second-order valence-electron chi connectivity index (χ2n) is 8.20. The zero-order valence-electron chi connectivity index (χ0n) is 17.1. The number of rotatable bonds is 2. The molecule has 0 aliphatic carbocycles. The number of nitrogens with two attached hydrogens (primary N) is 1. The maximum Gasteiger partial charge on any atom is 0.431 e. The van der Waals surface area contributed by atoms with Crippen LogP contribution >= 0.6 is 0 Å². The van der Waals surface area contributed by atoms with E-state index in [-0.39, 0.29) is 17.5 Å². The van der Waals surface area contributed by atoms with Crippen LogP contribution in [-0.4, -0.2) is 33.9 Å². The summed E-state index contributed by atoms with van der Waals surface area (Å²) in [6.45, 7) is 1.02. The van der Waals surface area contributed by atoms with Crippen LogP contribution in [0.1, 0.15) is 40.4 Å². The Morgan fingerprint density at radius 1 is 1.06 bits per heavy atom. The first-order valence-corrected chi connectivity index (χ1v) is 10.4. The van der Waals surface area contributed by atoms with Crippen LogP contribution in [-0.2, 0) is 6.18 Å². The summed E-state index contributed by atoms with van der Waals surface area (Å²) in [6.07, 6.45) is -1.61. The Hall–Kier alpha value is -3.55. The molecule has 1 saturated heterocycles. The van der Waals surface area contributed by atoms with Crippen molar-refractivity contribution in [2.45, 2.75) is 24.9 Å². The van der Waals surface area contributed by atoms with Crippen LogP contribution in [0.3, 0.4) is 0 Å². The minimum atomic E-state index is -4.45. The second kappa shape index (κ2) is 7.55. The number of pyridine rings is 1. The average molecular weight is 438 g/mol. The van der Waals surface area contributed by atoms with E-state index in [4.69, 9.17) is 5.73 Å². The molecule has 3 heterocycles. The molecule has 5 nitrogen and oxygen atoms in total. The van der Waals surface area contributed by atoms with Gasteiger partial charge in [0.25, 0.3) is 5.91 Å². The summed E-state index contributed by atoms with van der Waals surface area (Å²) in [6, 6.07) is 14.3. The minimum Gasteiger partial charge on any atom is -0.398 e. The van der Waals surface area contributed by atoms with E-state index in [0.717, 1.165) is 22.4 Å². The number of H-pyrrole nitrogens is 1. The van der Waals surface area contributed by atoms with Gasteiger partial charge < -0.3 is 15.6 Å². The predicted octanol–water partition coefficient (Wildman–Crippen LogP) is 5.34. The predicted molar refractivity (Wildman–Crippen MR) is 117 cm³/mol. The van der Waals surface area contributed by atoms with Gasteiger partial charge >= 0.3 is 6.18 Å². The maximum atomic E-state index is 13.1. The van der Waals surface area contributed by atoms with E-state index in [1.54, 1.807) is 11.0 Å². The molecule has 0 saturated carbocycles. The van der Waals surface area contributed by atoms with Crippen molar-refractivity contribution in [3.63, 3.8) is 0 Å². The first-order chi connectivity index (χ1) is 15.3. The highest BCUT2D eigenvalue weighted by molar-refractivity contribution is 6.04. The van der Waals surface area contributed by atoms with E-state index in [9.17, 15) is 18.0 Å². The number of carbonyl (C=O) groups is 1. The number of piperidine rings is 1. The third-order valence-corrected chi connectivity index (χ3v) is 6.24. The van der Waals surface area contributed by atoms with Gasteiger partial charge in [-0.2, -0.15) is 13.2 Å². The molecule has 1 aliphatic heterocycles. The zero-order valence-corrected chi connectivity index (χ0v) is 17.1. The lowest BCUT2D eigenvalue weighted by Gasteiger charge is -2.32. The highest BCUT2D eigenvalue weighted by atomic mass is 19.4. The zero-order chi connectivity index (χ0) is 22.5. The van der Waals surface area contributed by atoms with E-state index < -0.39 is 11.9 Å². The Morgan fingerprint density at radius 2 is 1.75 bits per heavy atom. The van der Waals surface area contributed by atoms with Crippen molar-refractivity contribution in [1.29, 1.82) is 0 Å². The summed E-state index contributed by atoms with van der Waals surface area (Å²) in [4.78, 5) is 21.3. The largest absolute Gasteiger partial charge is 0.431 e. The Morgan fingerprint density at radius 3 is 2.44 bits per heavy atom. The molecule has 0 radical (unpaired) electrons. The van der Waals surface area contributed by atoms with Gasteiger partial charge in [0.2, 0.25) is 0 Å². The summed E-state index contributed by atoms with van der Waals surface area (Å²) in [7, 11) is 0. The molecule has 164 valence electrons. The number of likely N-dealkylation sites (tertiary alicyclic amines) is 1. The van der Waals surface area contributed by atoms with Crippen molar-refractivity contribution < 1.29 is 18.0 Å². The molecule has 1 aliphatic rings. The van der Waals surface area contributed by atoms with Crippen LogP contribution in [0.25, 0.3) is 21.8 Å². The Kier molecular flexibility index (Phi) is 4.80. The molecule has 32 heavy (non-hydrogen) atoms. The van der Waals surface area contributed by atoms with Crippen molar-refractivity contribution >= 4 is 33.4 Å². The molecule has 3 N–H and O–H groups in total. The van der Waals surface area contributed by atoms with Crippen LogP contribution in [0, 0.1) is 0 Å². The number of nitrogen functional groups attached to an aromatic ring is 1. The first-order valence-electron chi connectivity index (χ1n) is 10.4. The molecule has 2 aromatic carbocycles. The number of nitrogens with zero attached hydrogens (tertiary/aromatic N) is 2. The molecule has 5 rings (SSSR count). The molecule has 1 fully saturated rings. The lowest BCUT2D eigenvalue weighted by atomic mass is 9.88. The second-order valence-corrected chi connectivity index (χ2v) is 8.20. The van der Waals surface area contributed by atoms with E-state index in [1.165, 1.54) is 6.20 Å². The SMILES string of the molecule is Nc1cc2ccccc2cc1C(=O)N1CCC(c2ccnc3[nH]c(C(F)(F)F)cc23)CC1. The van der Waals surface area contributed by atoms with E-state index in [1.807, 2.05) is 36.4 Å². The molecule has 0 unspecified atom stereocenters. The number of carbonyl (C=O) groups excluding carboxylic acids is 1. The number of alkyl halides is 3. The third-order valence-electron chi connectivity index (χ3n) is 6.24. The van der Waals surface area contributed by atoms with Gasteiger partial charge in [-0.05, 0) is 59.4 Å². The van der Waals surface area contributed by atoms with Crippen molar-refractivity contribution in [2.75, 3.05) is 18.8 Å². The minimum absolute atomic E-state index is 0.0513. The van der Waals surface area contributed by atoms with Gasteiger partial charge in [0.15, 0.2) is 0 Å². The number of anilines is 1. The average Bonchev–Trinajstić information content (AvgIpc) is 3.23. The highest BCUT2D eigenvalue weighted by Gasteiger charge is 2.34. The van der Waals surface area contributed by atoms with Crippen molar-refractivity contribution in [3.05, 3.63) is 71.5 Å². The van der Waals surface area contributed by atoms with Gasteiger partial charge in [0.1, 0.15) is 11.3 Å². The van der Waals surface area contributed by atoms with Crippen LogP contribution < -0.4 is 5.73 Å². The molecule has 0 bridgehead atoms. The summed E-state index contributed by atoms with van der Waals surface area (Å²) in [5.41, 5.74) is 7.35. The molecule has 1 amide bonds. The number of halogens is 3. The number of aromatic amines is 1. The van der Waals surface area contributed by atoms with E-state index >= 15 is 0 Å². The summed E-state index contributed by atoms with van der Waals surface area (Å²) in [5, 5.41) is 2.42. The van der Waals surface area contributed by atoms with Gasteiger partial charge in [0.05, 0.1) is 5.56 Å². The Balaban J connectivity index is 1.36. The number of fused-ring (bicyclic) bond motifs is 2. The van der Waals surface area contributed by atoms with Crippen molar-refractivity contribution in [1.82, 2.24) is 14.9 Å². The topological polar surface area (TPSA) is 75.0 Å². The Bertz CT molecular complexity index is 1320. The quantitative estimate of drug-likeness (QED) is 0.415.